The van der Waals surface area contributed by atoms with E-state index < -0.39 is 0 Å². The Hall–Kier alpha value is -1.70. The SMILES string of the molecule is COCc1nc(NN)cc(OCc2ccccc2Br)n1. The van der Waals surface area contributed by atoms with Gasteiger partial charge in [0.25, 0.3) is 0 Å². The van der Waals surface area contributed by atoms with Gasteiger partial charge < -0.3 is 14.9 Å². The number of rotatable bonds is 6. The Bertz CT molecular complexity index is 580. The fourth-order valence-electron chi connectivity index (χ4n) is 1.58. The number of hydrogen-bond acceptors (Lipinski definition) is 6. The molecule has 0 unspecified atom stereocenters. The van der Waals surface area contributed by atoms with Gasteiger partial charge in [-0.2, -0.15) is 4.98 Å². The minimum absolute atomic E-state index is 0.293. The van der Waals surface area contributed by atoms with Crippen molar-refractivity contribution in [3.05, 3.63) is 46.2 Å². The van der Waals surface area contributed by atoms with Crippen LogP contribution in [-0.2, 0) is 18.0 Å². The summed E-state index contributed by atoms with van der Waals surface area (Å²) in [6.45, 7) is 0.690. The van der Waals surface area contributed by atoms with Gasteiger partial charge in [0, 0.05) is 23.2 Å². The van der Waals surface area contributed by atoms with Crippen LogP contribution in [0.2, 0.25) is 0 Å². The van der Waals surface area contributed by atoms with E-state index in [0.717, 1.165) is 10.0 Å². The quantitative estimate of drug-likeness (QED) is 0.621. The van der Waals surface area contributed by atoms with Crippen molar-refractivity contribution in [2.75, 3.05) is 12.5 Å². The topological polar surface area (TPSA) is 82.3 Å². The van der Waals surface area contributed by atoms with Crippen molar-refractivity contribution in [1.82, 2.24) is 9.97 Å². The highest BCUT2D eigenvalue weighted by molar-refractivity contribution is 9.10. The predicted molar refractivity (Wildman–Crippen MR) is 79.0 cm³/mol. The molecule has 2 rings (SSSR count). The number of anilines is 1. The Kier molecular flexibility index (Phi) is 5.28. The smallest absolute Gasteiger partial charge is 0.219 e. The lowest BCUT2D eigenvalue weighted by Gasteiger charge is -2.10. The molecule has 0 saturated heterocycles. The van der Waals surface area contributed by atoms with Gasteiger partial charge in [-0.3, -0.25) is 0 Å². The largest absolute Gasteiger partial charge is 0.473 e. The number of hydrogen-bond donors (Lipinski definition) is 2. The first-order valence-electron chi connectivity index (χ1n) is 5.92. The summed E-state index contributed by atoms with van der Waals surface area (Å²) < 4.78 is 11.7. The molecule has 1 heterocycles. The molecule has 7 heteroatoms. The third-order valence-electron chi connectivity index (χ3n) is 2.50. The number of nitrogens with two attached hydrogens (primary N) is 1. The maximum Gasteiger partial charge on any atom is 0.219 e. The first-order valence-corrected chi connectivity index (χ1v) is 6.72. The normalized spacial score (nSPS) is 10.3. The van der Waals surface area contributed by atoms with Gasteiger partial charge >= 0.3 is 0 Å². The van der Waals surface area contributed by atoms with E-state index in [2.05, 4.69) is 31.3 Å². The number of ether oxygens (including phenoxy) is 2. The van der Waals surface area contributed by atoms with Gasteiger partial charge in [-0.1, -0.05) is 34.1 Å². The third-order valence-corrected chi connectivity index (χ3v) is 3.28. The molecule has 0 aliphatic heterocycles. The maximum absolute atomic E-state index is 5.67. The van der Waals surface area contributed by atoms with Crippen molar-refractivity contribution >= 4 is 21.7 Å². The summed E-state index contributed by atoms with van der Waals surface area (Å²) in [5, 5.41) is 0. The molecule has 1 aromatic heterocycles. The van der Waals surface area contributed by atoms with Crippen molar-refractivity contribution in [2.24, 2.45) is 5.84 Å². The average molecular weight is 339 g/mol. The lowest BCUT2D eigenvalue weighted by Crippen LogP contribution is -2.11. The standard InChI is InChI=1S/C13H15BrN4O2/c1-19-8-12-16-11(18-15)6-13(17-12)20-7-9-4-2-3-5-10(9)14/h2-6H,7-8,15H2,1H3,(H,16,17,18). The van der Waals surface area contributed by atoms with E-state index >= 15 is 0 Å². The highest BCUT2D eigenvalue weighted by atomic mass is 79.9. The van der Waals surface area contributed by atoms with Crippen LogP contribution in [0, 0.1) is 0 Å². The number of hydrazine groups is 1. The maximum atomic E-state index is 5.67. The predicted octanol–water partition coefficient (Wildman–Crippen LogP) is 2.25. The van der Waals surface area contributed by atoms with Crippen LogP contribution in [0.3, 0.4) is 0 Å². The molecule has 0 saturated carbocycles. The molecule has 0 amide bonds. The van der Waals surface area contributed by atoms with E-state index in [1.54, 1.807) is 13.2 Å². The first-order chi connectivity index (χ1) is 9.72. The first kappa shape index (κ1) is 14.7. The minimum atomic E-state index is 0.293. The van der Waals surface area contributed by atoms with Crippen molar-refractivity contribution in [3.63, 3.8) is 0 Å². The molecule has 0 bridgehead atoms. The number of halogens is 1. The van der Waals surface area contributed by atoms with Crippen LogP contribution in [0.25, 0.3) is 0 Å². The molecule has 0 radical (unpaired) electrons. The van der Waals surface area contributed by atoms with Crippen LogP contribution >= 0.6 is 15.9 Å². The van der Waals surface area contributed by atoms with Gasteiger partial charge in [-0.05, 0) is 6.07 Å². The summed E-state index contributed by atoms with van der Waals surface area (Å²) in [6, 6.07) is 9.47. The molecule has 0 aliphatic carbocycles. The molecular weight excluding hydrogens is 324 g/mol. The van der Waals surface area contributed by atoms with Gasteiger partial charge in [0.2, 0.25) is 5.88 Å². The molecule has 0 spiro atoms. The van der Waals surface area contributed by atoms with Crippen molar-refractivity contribution < 1.29 is 9.47 Å². The minimum Gasteiger partial charge on any atom is -0.473 e. The van der Waals surface area contributed by atoms with Crippen molar-refractivity contribution in [1.29, 1.82) is 0 Å². The summed E-state index contributed by atoms with van der Waals surface area (Å²) in [4.78, 5) is 8.40. The monoisotopic (exact) mass is 338 g/mol. The zero-order valence-corrected chi connectivity index (χ0v) is 12.6. The summed E-state index contributed by atoms with van der Waals surface area (Å²) in [7, 11) is 1.58. The van der Waals surface area contributed by atoms with Gasteiger partial charge in [0.05, 0.1) is 0 Å². The number of aromatic nitrogens is 2. The molecule has 0 atom stereocenters. The van der Waals surface area contributed by atoms with Crippen molar-refractivity contribution in [3.8, 4) is 5.88 Å². The second kappa shape index (κ2) is 7.18. The molecule has 106 valence electrons. The zero-order chi connectivity index (χ0) is 14.4. The van der Waals surface area contributed by atoms with Gasteiger partial charge in [0.15, 0.2) is 5.82 Å². The van der Waals surface area contributed by atoms with Crippen molar-refractivity contribution in [2.45, 2.75) is 13.2 Å². The molecule has 6 nitrogen and oxygen atoms in total. The van der Waals surface area contributed by atoms with Crippen LogP contribution < -0.4 is 16.0 Å². The van der Waals surface area contributed by atoms with Crippen LogP contribution in [-0.4, -0.2) is 17.1 Å². The zero-order valence-electron chi connectivity index (χ0n) is 11.0. The second-order valence-corrected chi connectivity index (χ2v) is 4.82. The second-order valence-electron chi connectivity index (χ2n) is 3.97. The fourth-order valence-corrected chi connectivity index (χ4v) is 1.98. The Morgan fingerprint density at radius 3 is 2.75 bits per heavy atom. The molecule has 0 fully saturated rings. The van der Waals surface area contributed by atoms with E-state index in [1.807, 2.05) is 24.3 Å². The Morgan fingerprint density at radius 2 is 2.05 bits per heavy atom. The summed E-state index contributed by atoms with van der Waals surface area (Å²) in [6.07, 6.45) is 0. The van der Waals surface area contributed by atoms with Crippen LogP contribution in [0.5, 0.6) is 5.88 Å². The molecule has 2 aromatic rings. The fraction of sp³-hybridized carbons (Fsp3) is 0.231. The average Bonchev–Trinajstić information content (AvgIpc) is 2.46. The number of nitrogens with zero attached hydrogens (tertiary/aromatic N) is 2. The van der Waals surface area contributed by atoms with Gasteiger partial charge in [-0.25, -0.2) is 10.8 Å². The Labute approximate surface area is 125 Å². The third kappa shape index (κ3) is 3.89. The summed E-state index contributed by atoms with van der Waals surface area (Å²) in [5.74, 6) is 6.80. The molecule has 20 heavy (non-hydrogen) atoms. The van der Waals surface area contributed by atoms with E-state index in [1.165, 1.54) is 0 Å². The lowest BCUT2D eigenvalue weighted by molar-refractivity contribution is 0.176. The number of nitrogen functional groups attached to an aromatic ring is 1. The highest BCUT2D eigenvalue weighted by Gasteiger charge is 2.06. The Morgan fingerprint density at radius 1 is 1.25 bits per heavy atom. The van der Waals surface area contributed by atoms with Crippen LogP contribution in [0.4, 0.5) is 5.82 Å². The highest BCUT2D eigenvalue weighted by Crippen LogP contribution is 2.19. The molecule has 1 aromatic carbocycles. The van der Waals surface area contributed by atoms with Gasteiger partial charge in [-0.15, -0.1) is 0 Å². The Balaban J connectivity index is 2.12. The lowest BCUT2D eigenvalue weighted by atomic mass is 10.2. The van der Waals surface area contributed by atoms with E-state index in [4.69, 9.17) is 15.3 Å². The summed E-state index contributed by atoms with van der Waals surface area (Å²) in [5.41, 5.74) is 3.51. The number of nitrogens with one attached hydrogen (secondary N) is 1. The molecular formula is C13H15BrN4O2. The molecule has 3 N–H and O–H groups in total. The molecule has 0 aliphatic rings. The summed E-state index contributed by atoms with van der Waals surface area (Å²) >= 11 is 3.47. The number of methoxy groups -OCH3 is 1. The van der Waals surface area contributed by atoms with Gasteiger partial charge in [0.1, 0.15) is 19.0 Å². The van der Waals surface area contributed by atoms with E-state index in [-0.39, 0.29) is 0 Å². The van der Waals surface area contributed by atoms with Crippen LogP contribution in [0.1, 0.15) is 11.4 Å². The van der Waals surface area contributed by atoms with E-state index in [9.17, 15) is 0 Å². The van der Waals surface area contributed by atoms with Crippen LogP contribution in [0.15, 0.2) is 34.8 Å². The van der Waals surface area contributed by atoms with E-state index in [0.29, 0.717) is 30.7 Å². The number of benzene rings is 1.